The van der Waals surface area contributed by atoms with E-state index in [1.165, 1.54) is 0 Å². The summed E-state index contributed by atoms with van der Waals surface area (Å²) < 4.78 is 21.9. The lowest BCUT2D eigenvalue weighted by Gasteiger charge is -2.20. The maximum Gasteiger partial charge on any atom is 0.168 e. The maximum atomic E-state index is 10.9. The van der Waals surface area contributed by atoms with Crippen LogP contribution >= 0.6 is 11.8 Å². The van der Waals surface area contributed by atoms with Crippen molar-refractivity contribution in [2.45, 2.75) is 14.7 Å². The lowest BCUT2D eigenvalue weighted by Crippen LogP contribution is -1.99. The predicted molar refractivity (Wildman–Crippen MR) is 68.9 cm³/mol. The fraction of sp³-hybridized carbons (Fsp3) is 0. The molecule has 0 spiro atoms. The molecule has 0 aromatic heterocycles. The Morgan fingerprint density at radius 1 is 0.941 bits per heavy atom. The highest BCUT2D eigenvalue weighted by molar-refractivity contribution is 7.99. The molecule has 1 aliphatic heterocycles. The minimum atomic E-state index is -2.52. The molecule has 1 heterocycles. The largest absolute Gasteiger partial charge is 0.354 e. The summed E-state index contributed by atoms with van der Waals surface area (Å²) in [6, 6.07) is 13.1. The van der Waals surface area contributed by atoms with Crippen LogP contribution in [0.25, 0.3) is 0 Å². The van der Waals surface area contributed by atoms with Gasteiger partial charge in [0.25, 0.3) is 0 Å². The monoisotopic (exact) mass is 263 g/mol. The zero-order valence-electron chi connectivity index (χ0n) is 8.71. The molecule has 2 aromatic rings. The van der Waals surface area contributed by atoms with Gasteiger partial charge in [-0.05, 0) is 30.3 Å². The molecule has 86 valence electrons. The van der Waals surface area contributed by atoms with Crippen LogP contribution in [-0.2, 0) is 10.7 Å². The van der Waals surface area contributed by atoms with Crippen LogP contribution < -0.4 is 5.32 Å². The molecular formula is C12H9NO2S2. The average molecular weight is 263 g/mol. The molecule has 0 atom stereocenters. The maximum absolute atomic E-state index is 10.9. The van der Waals surface area contributed by atoms with Gasteiger partial charge in [0.15, 0.2) is 10.7 Å². The predicted octanol–water partition coefficient (Wildman–Crippen LogP) is 2.87. The number of fused-ring (bicyclic) bond motifs is 2. The van der Waals surface area contributed by atoms with Crippen LogP contribution in [0.1, 0.15) is 0 Å². The van der Waals surface area contributed by atoms with Crippen molar-refractivity contribution in [3.05, 3.63) is 42.5 Å². The van der Waals surface area contributed by atoms with Gasteiger partial charge < -0.3 is 5.32 Å². The summed E-state index contributed by atoms with van der Waals surface area (Å²) in [5, 5.41) is 3.29. The van der Waals surface area contributed by atoms with Gasteiger partial charge >= 0.3 is 0 Å². The lowest BCUT2D eigenvalue weighted by atomic mass is 10.2. The van der Waals surface area contributed by atoms with E-state index in [0.29, 0.717) is 4.90 Å². The molecule has 0 unspecified atom stereocenters. The zero-order valence-corrected chi connectivity index (χ0v) is 10.4. The van der Waals surface area contributed by atoms with Crippen molar-refractivity contribution in [2.75, 3.05) is 5.32 Å². The normalized spacial score (nSPS) is 12.8. The zero-order chi connectivity index (χ0) is 11.8. The molecule has 0 radical (unpaired) electrons. The van der Waals surface area contributed by atoms with E-state index in [-0.39, 0.29) is 0 Å². The third kappa shape index (κ3) is 1.92. The summed E-state index contributed by atoms with van der Waals surface area (Å²) >= 11 is 1.58. The Kier molecular flexibility index (Phi) is 2.57. The summed E-state index contributed by atoms with van der Waals surface area (Å²) in [4.78, 5) is 2.41. The molecule has 2 aromatic carbocycles. The molecule has 0 saturated carbocycles. The summed E-state index contributed by atoms with van der Waals surface area (Å²) in [7, 11) is -2.52. The van der Waals surface area contributed by atoms with Crippen molar-refractivity contribution in [2.24, 2.45) is 0 Å². The van der Waals surface area contributed by atoms with Crippen molar-refractivity contribution >= 4 is 33.8 Å². The molecular weight excluding hydrogens is 254 g/mol. The van der Waals surface area contributed by atoms with Crippen LogP contribution in [0.2, 0.25) is 0 Å². The molecule has 3 nitrogen and oxygen atoms in total. The van der Waals surface area contributed by atoms with Gasteiger partial charge in [-0.25, -0.2) is 8.42 Å². The van der Waals surface area contributed by atoms with Gasteiger partial charge in [0.2, 0.25) is 0 Å². The Labute approximate surface area is 105 Å². The van der Waals surface area contributed by atoms with Gasteiger partial charge in [0.1, 0.15) is 0 Å². The number of rotatable bonds is 1. The van der Waals surface area contributed by atoms with Crippen molar-refractivity contribution in [3.8, 4) is 0 Å². The van der Waals surface area contributed by atoms with Crippen molar-refractivity contribution in [1.82, 2.24) is 0 Å². The van der Waals surface area contributed by atoms with Gasteiger partial charge in [-0.1, -0.05) is 23.9 Å². The van der Waals surface area contributed by atoms with E-state index in [1.807, 2.05) is 24.3 Å². The van der Waals surface area contributed by atoms with Crippen LogP contribution in [0.4, 0.5) is 11.4 Å². The average Bonchev–Trinajstić information content (AvgIpc) is 2.35. The second kappa shape index (κ2) is 4.09. The lowest BCUT2D eigenvalue weighted by molar-refractivity contribution is 0.614. The van der Waals surface area contributed by atoms with Gasteiger partial charge in [-0.2, -0.15) is 0 Å². The first-order valence-corrected chi connectivity index (χ1v) is 7.06. The second-order valence-corrected chi connectivity index (χ2v) is 5.78. The minimum absolute atomic E-state index is 0.354. The van der Waals surface area contributed by atoms with E-state index in [2.05, 4.69) is 5.32 Å². The Morgan fingerprint density at radius 2 is 1.71 bits per heavy atom. The number of hydrogen-bond acceptors (Lipinski definition) is 4. The molecule has 0 fully saturated rings. The SMILES string of the molecule is O=[SH](=O)c1ccc2c(c1)Sc1ccccc1N2. The van der Waals surface area contributed by atoms with Gasteiger partial charge in [-0.15, -0.1) is 0 Å². The first-order chi connectivity index (χ1) is 8.24. The van der Waals surface area contributed by atoms with E-state index in [4.69, 9.17) is 0 Å². The van der Waals surface area contributed by atoms with Gasteiger partial charge in [-0.3, -0.25) is 0 Å². The molecule has 5 heteroatoms. The van der Waals surface area contributed by atoms with E-state index >= 15 is 0 Å². The third-order valence-corrected chi connectivity index (χ3v) is 4.39. The van der Waals surface area contributed by atoms with E-state index in [0.717, 1.165) is 21.2 Å². The topological polar surface area (TPSA) is 46.2 Å². The molecule has 0 saturated heterocycles. The Balaban J connectivity index is 2.09. The summed E-state index contributed by atoms with van der Waals surface area (Å²) in [5.74, 6) is 0. The molecule has 0 bridgehead atoms. The summed E-state index contributed by atoms with van der Waals surface area (Å²) in [6.45, 7) is 0. The highest BCUT2D eigenvalue weighted by Crippen LogP contribution is 2.44. The molecule has 1 aliphatic rings. The van der Waals surface area contributed by atoms with Crippen LogP contribution in [-0.4, -0.2) is 8.42 Å². The Bertz CT molecular complexity index is 657. The van der Waals surface area contributed by atoms with Crippen LogP contribution in [0.15, 0.2) is 57.2 Å². The number of thiol groups is 1. The summed E-state index contributed by atoms with van der Waals surface area (Å²) in [5.41, 5.74) is 2.01. The van der Waals surface area contributed by atoms with E-state index in [9.17, 15) is 8.42 Å². The fourth-order valence-corrected chi connectivity index (χ4v) is 3.28. The number of nitrogens with one attached hydrogen (secondary N) is 1. The number of benzene rings is 2. The second-order valence-electron chi connectivity index (χ2n) is 3.66. The van der Waals surface area contributed by atoms with Crippen LogP contribution in [0, 0.1) is 0 Å². The quantitative estimate of drug-likeness (QED) is 0.663. The highest BCUT2D eigenvalue weighted by atomic mass is 32.2. The molecule has 0 amide bonds. The van der Waals surface area contributed by atoms with Crippen LogP contribution in [0.3, 0.4) is 0 Å². The number of para-hydroxylation sites is 1. The molecule has 0 aliphatic carbocycles. The van der Waals surface area contributed by atoms with Crippen molar-refractivity contribution in [3.63, 3.8) is 0 Å². The van der Waals surface area contributed by atoms with Gasteiger partial charge in [0.05, 0.1) is 16.3 Å². The third-order valence-electron chi connectivity index (χ3n) is 2.55. The first-order valence-electron chi connectivity index (χ1n) is 5.06. The smallest absolute Gasteiger partial charge is 0.168 e. The number of anilines is 2. The Morgan fingerprint density at radius 3 is 2.53 bits per heavy atom. The molecule has 3 rings (SSSR count). The standard InChI is InChI=1S/C12H9NO2S2/c14-17(15)8-5-6-10-12(7-8)16-11-4-2-1-3-9(11)13-10/h1-7,13,17H. The number of hydrogen-bond donors (Lipinski definition) is 2. The minimum Gasteiger partial charge on any atom is -0.354 e. The summed E-state index contributed by atoms with van der Waals surface area (Å²) in [6.07, 6.45) is 0. The Hall–Kier alpha value is -1.46. The highest BCUT2D eigenvalue weighted by Gasteiger charge is 2.15. The first kappa shape index (κ1) is 10.7. The van der Waals surface area contributed by atoms with E-state index < -0.39 is 10.7 Å². The van der Waals surface area contributed by atoms with E-state index in [1.54, 1.807) is 30.0 Å². The molecule has 1 N–H and O–H groups in total. The van der Waals surface area contributed by atoms with Crippen molar-refractivity contribution < 1.29 is 8.42 Å². The van der Waals surface area contributed by atoms with Crippen LogP contribution in [0.5, 0.6) is 0 Å². The molecule has 17 heavy (non-hydrogen) atoms. The van der Waals surface area contributed by atoms with Gasteiger partial charge in [0, 0.05) is 9.79 Å². The fourth-order valence-electron chi connectivity index (χ4n) is 1.73. The van der Waals surface area contributed by atoms with Crippen molar-refractivity contribution in [1.29, 1.82) is 0 Å².